The van der Waals surface area contributed by atoms with E-state index in [-0.39, 0.29) is 22.4 Å². The lowest BCUT2D eigenvalue weighted by Gasteiger charge is -2.21. The normalized spacial score (nSPS) is 12.1. The molecule has 0 saturated carbocycles. The molecule has 0 bridgehead atoms. The largest absolute Gasteiger partial charge is 0.492 e. The number of unbranched alkanes of at least 4 members (excludes halogenated alkanes) is 1. The van der Waals surface area contributed by atoms with E-state index in [0.29, 0.717) is 12.2 Å². The highest BCUT2D eigenvalue weighted by atomic mass is 79.9. The van der Waals surface area contributed by atoms with Crippen molar-refractivity contribution >= 4 is 27.7 Å². The highest BCUT2D eigenvalue weighted by Crippen LogP contribution is 2.32. The van der Waals surface area contributed by atoms with Crippen LogP contribution >= 0.6 is 27.7 Å². The molecule has 4 nitrogen and oxygen atoms in total. The summed E-state index contributed by atoms with van der Waals surface area (Å²) in [7, 11) is 0. The third-order valence-electron chi connectivity index (χ3n) is 4.59. The molecule has 0 aliphatic rings. The average molecular weight is 459 g/mol. The Hall–Kier alpha value is -2.05. The van der Waals surface area contributed by atoms with Crippen molar-refractivity contribution in [2.24, 2.45) is 0 Å². The van der Waals surface area contributed by atoms with Gasteiger partial charge in [-0.05, 0) is 43.2 Å². The van der Waals surface area contributed by atoms with Crippen LogP contribution in [0.25, 0.3) is 0 Å². The van der Waals surface area contributed by atoms with Gasteiger partial charge in [-0.2, -0.15) is 4.98 Å². The zero-order valence-electron chi connectivity index (χ0n) is 15.9. The van der Waals surface area contributed by atoms with Gasteiger partial charge in [0.25, 0.3) is 5.56 Å². The van der Waals surface area contributed by atoms with E-state index in [2.05, 4.69) is 27.8 Å². The summed E-state index contributed by atoms with van der Waals surface area (Å²) in [5, 5.41) is 10.5. The van der Waals surface area contributed by atoms with Gasteiger partial charge in [-0.1, -0.05) is 71.4 Å². The summed E-state index contributed by atoms with van der Waals surface area (Å²) in [6.07, 6.45) is 2.55. The highest BCUT2D eigenvalue weighted by molar-refractivity contribution is 9.10. The molecule has 6 heteroatoms. The number of nitrogens with zero attached hydrogens (tertiary/aromatic N) is 2. The number of rotatable bonds is 7. The molecule has 0 radical (unpaired) electrons. The van der Waals surface area contributed by atoms with Gasteiger partial charge >= 0.3 is 0 Å². The van der Waals surface area contributed by atoms with Gasteiger partial charge in [0, 0.05) is 15.8 Å². The summed E-state index contributed by atoms with van der Waals surface area (Å²) in [6.45, 7) is 4.10. The summed E-state index contributed by atoms with van der Waals surface area (Å²) < 4.78 is 2.69. The molecule has 1 heterocycles. The van der Waals surface area contributed by atoms with E-state index in [4.69, 9.17) is 0 Å². The quantitative estimate of drug-likeness (QED) is 0.484. The molecule has 2 aromatic carbocycles. The maximum Gasteiger partial charge on any atom is 0.272 e. The smallest absolute Gasteiger partial charge is 0.272 e. The fourth-order valence-electron chi connectivity index (χ4n) is 3.05. The fourth-order valence-corrected chi connectivity index (χ4v) is 4.15. The Morgan fingerprint density at radius 2 is 1.82 bits per heavy atom. The van der Waals surface area contributed by atoms with E-state index >= 15 is 0 Å². The van der Waals surface area contributed by atoms with Crippen LogP contribution in [0.3, 0.4) is 0 Å². The standard InChI is InChI=1S/C22H23BrN2O2S/c1-3-4-10-19-24-21(26)20(28-18-13-11-17(23)12-14-18)22(27)25(19)15(2)16-8-6-5-7-9-16/h5-9,11-15,26H,3-4,10H2,1-2H3. The van der Waals surface area contributed by atoms with Crippen LogP contribution in [0.5, 0.6) is 5.88 Å². The first-order chi connectivity index (χ1) is 13.5. The summed E-state index contributed by atoms with van der Waals surface area (Å²) in [4.78, 5) is 18.9. The summed E-state index contributed by atoms with van der Waals surface area (Å²) in [5.74, 6) is 0.432. The van der Waals surface area contributed by atoms with E-state index in [1.165, 1.54) is 11.8 Å². The second-order valence-corrected chi connectivity index (χ2v) is 8.60. The highest BCUT2D eigenvalue weighted by Gasteiger charge is 2.21. The van der Waals surface area contributed by atoms with Crippen molar-refractivity contribution in [1.29, 1.82) is 0 Å². The van der Waals surface area contributed by atoms with Gasteiger partial charge in [-0.25, -0.2) is 0 Å². The maximum atomic E-state index is 13.4. The maximum absolute atomic E-state index is 13.4. The van der Waals surface area contributed by atoms with Crippen LogP contribution in [0.2, 0.25) is 0 Å². The van der Waals surface area contributed by atoms with Gasteiger partial charge < -0.3 is 5.11 Å². The molecule has 0 fully saturated rings. The summed E-state index contributed by atoms with van der Waals surface area (Å²) >= 11 is 4.66. The third-order valence-corrected chi connectivity index (χ3v) is 6.18. The first kappa shape index (κ1) is 20.7. The first-order valence-corrected chi connectivity index (χ1v) is 10.9. The molecule has 0 aliphatic heterocycles. The van der Waals surface area contributed by atoms with Gasteiger partial charge in [-0.3, -0.25) is 9.36 Å². The Morgan fingerprint density at radius 1 is 1.14 bits per heavy atom. The van der Waals surface area contributed by atoms with Crippen molar-refractivity contribution in [3.63, 3.8) is 0 Å². The lowest BCUT2D eigenvalue weighted by Crippen LogP contribution is -2.29. The van der Waals surface area contributed by atoms with E-state index in [0.717, 1.165) is 27.8 Å². The number of benzene rings is 2. The van der Waals surface area contributed by atoms with Gasteiger partial charge in [0.15, 0.2) is 0 Å². The van der Waals surface area contributed by atoms with E-state index < -0.39 is 0 Å². The molecule has 0 aliphatic carbocycles. The molecular weight excluding hydrogens is 436 g/mol. The minimum absolute atomic E-state index is 0.169. The Bertz CT molecular complexity index is 988. The van der Waals surface area contributed by atoms with Crippen LogP contribution in [0.1, 0.15) is 44.1 Å². The van der Waals surface area contributed by atoms with Crippen molar-refractivity contribution in [3.05, 3.63) is 80.8 Å². The predicted molar refractivity (Wildman–Crippen MR) is 117 cm³/mol. The van der Waals surface area contributed by atoms with E-state index in [1.807, 2.05) is 61.5 Å². The van der Waals surface area contributed by atoms with Crippen LogP contribution in [-0.2, 0) is 6.42 Å². The minimum Gasteiger partial charge on any atom is -0.492 e. The predicted octanol–water partition coefficient (Wildman–Crippen LogP) is 5.81. The molecule has 0 saturated heterocycles. The van der Waals surface area contributed by atoms with Crippen LogP contribution < -0.4 is 5.56 Å². The first-order valence-electron chi connectivity index (χ1n) is 9.34. The van der Waals surface area contributed by atoms with Gasteiger partial charge in [0.2, 0.25) is 5.88 Å². The Labute approximate surface area is 177 Å². The van der Waals surface area contributed by atoms with Gasteiger partial charge in [0.05, 0.1) is 6.04 Å². The molecule has 1 aromatic heterocycles. The lowest BCUT2D eigenvalue weighted by atomic mass is 10.1. The molecule has 3 aromatic rings. The van der Waals surface area contributed by atoms with Gasteiger partial charge in [-0.15, -0.1) is 0 Å². The van der Waals surface area contributed by atoms with Crippen molar-refractivity contribution in [2.75, 3.05) is 0 Å². The number of hydrogen-bond acceptors (Lipinski definition) is 4. The van der Waals surface area contributed by atoms with Crippen LogP contribution in [-0.4, -0.2) is 14.7 Å². The molecule has 146 valence electrons. The molecule has 1 N–H and O–H groups in total. The van der Waals surface area contributed by atoms with Crippen LogP contribution in [0, 0.1) is 0 Å². The van der Waals surface area contributed by atoms with Crippen molar-refractivity contribution < 1.29 is 5.11 Å². The topological polar surface area (TPSA) is 55.1 Å². The van der Waals surface area contributed by atoms with Crippen LogP contribution in [0.15, 0.2) is 73.7 Å². The lowest BCUT2D eigenvalue weighted by molar-refractivity contribution is 0.416. The zero-order valence-corrected chi connectivity index (χ0v) is 18.3. The number of aryl methyl sites for hydroxylation is 1. The number of aromatic hydroxyl groups is 1. The number of aromatic nitrogens is 2. The van der Waals surface area contributed by atoms with Crippen molar-refractivity contribution in [1.82, 2.24) is 9.55 Å². The average Bonchev–Trinajstić information content (AvgIpc) is 2.71. The molecule has 0 spiro atoms. The fraction of sp³-hybridized carbons (Fsp3) is 0.273. The zero-order chi connectivity index (χ0) is 20.1. The second-order valence-electron chi connectivity index (χ2n) is 6.60. The monoisotopic (exact) mass is 458 g/mol. The minimum atomic E-state index is -0.206. The van der Waals surface area contributed by atoms with Crippen molar-refractivity contribution in [3.8, 4) is 5.88 Å². The summed E-state index contributed by atoms with van der Waals surface area (Å²) in [6, 6.07) is 17.4. The second kappa shape index (κ2) is 9.43. The molecule has 0 amide bonds. The Morgan fingerprint density at radius 3 is 2.46 bits per heavy atom. The Kier molecular flexibility index (Phi) is 6.97. The molecule has 1 unspecified atom stereocenters. The van der Waals surface area contributed by atoms with Crippen LogP contribution in [0.4, 0.5) is 0 Å². The summed E-state index contributed by atoms with van der Waals surface area (Å²) in [5.41, 5.74) is 0.831. The van der Waals surface area contributed by atoms with Gasteiger partial charge in [0.1, 0.15) is 10.7 Å². The molecule has 28 heavy (non-hydrogen) atoms. The molecular formula is C22H23BrN2O2S. The van der Waals surface area contributed by atoms with E-state index in [1.54, 1.807) is 4.57 Å². The Balaban J connectivity index is 2.09. The number of hydrogen-bond donors (Lipinski definition) is 1. The number of halogens is 1. The van der Waals surface area contributed by atoms with E-state index in [9.17, 15) is 9.90 Å². The SMILES string of the molecule is CCCCc1nc(O)c(Sc2ccc(Br)cc2)c(=O)n1C(C)c1ccccc1. The van der Waals surface area contributed by atoms with Crippen molar-refractivity contribution in [2.45, 2.75) is 48.9 Å². The molecule has 1 atom stereocenters. The molecule has 3 rings (SSSR count). The third kappa shape index (κ3) is 4.67.